The lowest BCUT2D eigenvalue weighted by atomic mass is 9.85. The summed E-state index contributed by atoms with van der Waals surface area (Å²) in [5.41, 5.74) is -0.630. The number of carbonyl (C=O) groups is 1. The Kier molecular flexibility index (Phi) is 3.73. The Morgan fingerprint density at radius 2 is 1.76 bits per heavy atom. The van der Waals surface area contributed by atoms with Gasteiger partial charge in [0.2, 0.25) is 0 Å². The van der Waals surface area contributed by atoms with E-state index in [0.717, 1.165) is 32.0 Å². The maximum absolute atomic E-state index is 11.5. The molecule has 17 heavy (non-hydrogen) atoms. The van der Waals surface area contributed by atoms with Crippen LogP contribution in [0, 0.1) is 0 Å². The molecule has 1 heterocycles. The second-order valence-electron chi connectivity index (χ2n) is 5.71. The molecule has 2 aliphatic rings. The van der Waals surface area contributed by atoms with Crippen LogP contribution in [0.5, 0.6) is 0 Å². The molecule has 0 amide bonds. The lowest BCUT2D eigenvalue weighted by Gasteiger charge is -2.44. The van der Waals surface area contributed by atoms with Gasteiger partial charge in [-0.05, 0) is 39.8 Å². The van der Waals surface area contributed by atoms with E-state index in [2.05, 4.69) is 4.90 Å². The molecule has 1 saturated carbocycles. The topological polar surface area (TPSA) is 43.8 Å². The zero-order valence-electron chi connectivity index (χ0n) is 11.0. The van der Waals surface area contributed by atoms with Crippen molar-refractivity contribution in [2.24, 2.45) is 0 Å². The standard InChI is InChI=1S/C13H24N2O2/c1-14(2)13(12(16)17)7-9-15(10-8-13)11-5-3-4-6-11/h11H,3-10H2,1-2H3,(H,16,17). The van der Waals surface area contributed by atoms with Crippen LogP contribution < -0.4 is 0 Å². The van der Waals surface area contributed by atoms with E-state index >= 15 is 0 Å². The lowest BCUT2D eigenvalue weighted by molar-refractivity contribution is -0.153. The third-order valence-corrected chi connectivity index (χ3v) is 4.72. The first-order valence-corrected chi connectivity index (χ1v) is 6.71. The van der Waals surface area contributed by atoms with E-state index < -0.39 is 11.5 Å². The first-order chi connectivity index (χ1) is 8.06. The lowest BCUT2D eigenvalue weighted by Crippen LogP contribution is -2.58. The van der Waals surface area contributed by atoms with Gasteiger partial charge < -0.3 is 10.0 Å². The fourth-order valence-corrected chi connectivity index (χ4v) is 3.38. The molecule has 1 saturated heterocycles. The highest BCUT2D eigenvalue weighted by atomic mass is 16.4. The molecular weight excluding hydrogens is 216 g/mol. The van der Waals surface area contributed by atoms with Crippen molar-refractivity contribution in [2.75, 3.05) is 27.2 Å². The molecule has 2 rings (SSSR count). The smallest absolute Gasteiger partial charge is 0.324 e. The molecule has 0 aromatic carbocycles. The summed E-state index contributed by atoms with van der Waals surface area (Å²) in [4.78, 5) is 15.9. The van der Waals surface area contributed by atoms with Crippen molar-refractivity contribution in [2.45, 2.75) is 50.1 Å². The van der Waals surface area contributed by atoms with Gasteiger partial charge in [-0.1, -0.05) is 12.8 Å². The van der Waals surface area contributed by atoms with E-state index in [1.54, 1.807) is 0 Å². The first-order valence-electron chi connectivity index (χ1n) is 6.71. The molecule has 0 spiro atoms. The van der Waals surface area contributed by atoms with Crippen LogP contribution in [0.25, 0.3) is 0 Å². The normalized spacial score (nSPS) is 26.5. The van der Waals surface area contributed by atoms with Gasteiger partial charge in [0.1, 0.15) is 5.54 Å². The zero-order chi connectivity index (χ0) is 12.5. The molecule has 98 valence electrons. The Balaban J connectivity index is 1.97. The monoisotopic (exact) mass is 240 g/mol. The molecule has 1 N–H and O–H groups in total. The fraction of sp³-hybridized carbons (Fsp3) is 0.923. The molecule has 4 nitrogen and oxygen atoms in total. The minimum Gasteiger partial charge on any atom is -0.480 e. The molecule has 0 unspecified atom stereocenters. The van der Waals surface area contributed by atoms with Gasteiger partial charge in [0.05, 0.1) is 0 Å². The molecule has 0 aromatic heterocycles. The van der Waals surface area contributed by atoms with Gasteiger partial charge in [0, 0.05) is 19.1 Å². The third-order valence-electron chi connectivity index (χ3n) is 4.72. The SMILES string of the molecule is CN(C)C1(C(=O)O)CCN(C2CCCC2)CC1. The first kappa shape index (κ1) is 12.8. The Morgan fingerprint density at radius 1 is 1.24 bits per heavy atom. The largest absolute Gasteiger partial charge is 0.480 e. The number of carboxylic acids is 1. The summed E-state index contributed by atoms with van der Waals surface area (Å²) in [6, 6.07) is 0.726. The van der Waals surface area contributed by atoms with E-state index in [-0.39, 0.29) is 0 Å². The van der Waals surface area contributed by atoms with Crippen LogP contribution >= 0.6 is 0 Å². The van der Waals surface area contributed by atoms with Crippen LogP contribution in [0.4, 0.5) is 0 Å². The van der Waals surface area contributed by atoms with Gasteiger partial charge in [0.25, 0.3) is 0 Å². The van der Waals surface area contributed by atoms with Gasteiger partial charge in [-0.25, -0.2) is 0 Å². The number of carboxylic acid groups (broad SMARTS) is 1. The average molecular weight is 240 g/mol. The van der Waals surface area contributed by atoms with Crippen molar-refractivity contribution in [3.05, 3.63) is 0 Å². The Bertz CT molecular complexity index is 277. The number of likely N-dealkylation sites (N-methyl/N-ethyl adjacent to an activating group) is 1. The Labute approximate surface area is 104 Å². The van der Waals surface area contributed by atoms with Crippen molar-refractivity contribution >= 4 is 5.97 Å². The molecule has 4 heteroatoms. The Hall–Kier alpha value is -0.610. The number of likely N-dealkylation sites (tertiary alicyclic amines) is 1. The summed E-state index contributed by atoms with van der Waals surface area (Å²) in [6.45, 7) is 1.88. The molecule has 0 radical (unpaired) electrons. The summed E-state index contributed by atoms with van der Waals surface area (Å²) >= 11 is 0. The molecule has 0 bridgehead atoms. The molecule has 1 aliphatic heterocycles. The van der Waals surface area contributed by atoms with Crippen LogP contribution in [0.2, 0.25) is 0 Å². The summed E-state index contributed by atoms with van der Waals surface area (Å²) in [6.07, 6.45) is 6.82. The second kappa shape index (κ2) is 4.94. The van der Waals surface area contributed by atoms with Crippen molar-refractivity contribution in [3.63, 3.8) is 0 Å². The van der Waals surface area contributed by atoms with Crippen LogP contribution in [0.15, 0.2) is 0 Å². The average Bonchev–Trinajstić information content (AvgIpc) is 2.82. The second-order valence-corrected chi connectivity index (χ2v) is 5.71. The summed E-state index contributed by atoms with van der Waals surface area (Å²) in [7, 11) is 3.78. The fourth-order valence-electron chi connectivity index (χ4n) is 3.38. The number of hydrogen-bond acceptors (Lipinski definition) is 3. The van der Waals surface area contributed by atoms with Gasteiger partial charge in [0.15, 0.2) is 0 Å². The molecule has 0 aromatic rings. The third kappa shape index (κ3) is 2.33. The predicted molar refractivity (Wildman–Crippen MR) is 67.1 cm³/mol. The van der Waals surface area contributed by atoms with Crippen LogP contribution in [0.1, 0.15) is 38.5 Å². The quantitative estimate of drug-likeness (QED) is 0.810. The van der Waals surface area contributed by atoms with Crippen molar-refractivity contribution in [1.29, 1.82) is 0 Å². The molecular formula is C13H24N2O2. The van der Waals surface area contributed by atoms with Crippen molar-refractivity contribution in [3.8, 4) is 0 Å². The van der Waals surface area contributed by atoms with E-state index in [1.807, 2.05) is 19.0 Å². The van der Waals surface area contributed by atoms with E-state index in [9.17, 15) is 9.90 Å². The van der Waals surface area contributed by atoms with Gasteiger partial charge in [-0.3, -0.25) is 9.69 Å². The van der Waals surface area contributed by atoms with E-state index in [4.69, 9.17) is 0 Å². The summed E-state index contributed by atoms with van der Waals surface area (Å²) in [5.74, 6) is -0.659. The molecule has 2 fully saturated rings. The van der Waals surface area contributed by atoms with E-state index in [1.165, 1.54) is 25.7 Å². The molecule has 1 aliphatic carbocycles. The van der Waals surface area contributed by atoms with E-state index in [0.29, 0.717) is 0 Å². The highest BCUT2D eigenvalue weighted by molar-refractivity contribution is 5.79. The maximum atomic E-state index is 11.5. The van der Waals surface area contributed by atoms with Crippen LogP contribution in [0.3, 0.4) is 0 Å². The summed E-state index contributed by atoms with van der Waals surface area (Å²) < 4.78 is 0. The highest BCUT2D eigenvalue weighted by Crippen LogP contribution is 2.32. The highest BCUT2D eigenvalue weighted by Gasteiger charge is 2.44. The van der Waals surface area contributed by atoms with Gasteiger partial charge >= 0.3 is 5.97 Å². The predicted octanol–water partition coefficient (Wildman–Crippen LogP) is 1.41. The number of aliphatic carboxylic acids is 1. The number of piperidine rings is 1. The van der Waals surface area contributed by atoms with Crippen LogP contribution in [-0.2, 0) is 4.79 Å². The van der Waals surface area contributed by atoms with Crippen molar-refractivity contribution < 1.29 is 9.90 Å². The number of hydrogen-bond donors (Lipinski definition) is 1. The molecule has 0 atom stereocenters. The minimum absolute atomic E-state index is 0.630. The van der Waals surface area contributed by atoms with Crippen LogP contribution in [-0.4, -0.2) is 59.6 Å². The number of nitrogens with zero attached hydrogens (tertiary/aromatic N) is 2. The maximum Gasteiger partial charge on any atom is 0.324 e. The van der Waals surface area contributed by atoms with Gasteiger partial charge in [-0.15, -0.1) is 0 Å². The Morgan fingerprint density at radius 3 is 2.18 bits per heavy atom. The van der Waals surface area contributed by atoms with Crippen molar-refractivity contribution in [1.82, 2.24) is 9.80 Å². The minimum atomic E-state index is -0.659. The summed E-state index contributed by atoms with van der Waals surface area (Å²) in [5, 5.41) is 9.45. The zero-order valence-corrected chi connectivity index (χ0v) is 11.0. The van der Waals surface area contributed by atoms with Gasteiger partial charge in [-0.2, -0.15) is 0 Å². The number of rotatable bonds is 3.